The fraction of sp³-hybridized carbons (Fsp3) is 0.519. The van der Waals surface area contributed by atoms with E-state index in [9.17, 15) is 18.0 Å². The van der Waals surface area contributed by atoms with Gasteiger partial charge in [0.2, 0.25) is 0 Å². The number of anilines is 1. The molecule has 1 saturated carbocycles. The summed E-state index contributed by atoms with van der Waals surface area (Å²) in [6.07, 6.45) is -1.17. The molecule has 0 bridgehead atoms. The van der Waals surface area contributed by atoms with Crippen LogP contribution in [0.15, 0.2) is 36.4 Å². The van der Waals surface area contributed by atoms with Crippen molar-refractivity contribution in [2.45, 2.75) is 56.3 Å². The maximum atomic E-state index is 13.3. The lowest BCUT2D eigenvalue weighted by Crippen LogP contribution is -2.53. The maximum Gasteiger partial charge on any atom is 0.417 e. The lowest BCUT2D eigenvalue weighted by molar-refractivity contribution is -0.137. The smallest absolute Gasteiger partial charge is 0.417 e. The Labute approximate surface area is 220 Å². The van der Waals surface area contributed by atoms with Crippen molar-refractivity contribution in [1.29, 1.82) is 0 Å². The Morgan fingerprint density at radius 2 is 1.89 bits per heavy atom. The molecule has 4 rings (SSSR count). The van der Waals surface area contributed by atoms with Gasteiger partial charge in [0.15, 0.2) is 11.5 Å². The van der Waals surface area contributed by atoms with E-state index in [0.717, 1.165) is 44.4 Å². The van der Waals surface area contributed by atoms with Crippen molar-refractivity contribution < 1.29 is 27.4 Å². The van der Waals surface area contributed by atoms with Gasteiger partial charge in [-0.2, -0.15) is 13.2 Å². The van der Waals surface area contributed by atoms with Gasteiger partial charge in [-0.1, -0.05) is 17.7 Å². The predicted molar refractivity (Wildman–Crippen MR) is 138 cm³/mol. The predicted octanol–water partition coefficient (Wildman–Crippen LogP) is 6.42. The molecule has 1 N–H and O–H groups in total. The molecule has 2 fully saturated rings. The fourth-order valence-electron chi connectivity index (χ4n) is 6.11. The normalized spacial score (nSPS) is 23.9. The van der Waals surface area contributed by atoms with E-state index in [1.54, 1.807) is 19.1 Å². The largest absolute Gasteiger partial charge is 0.493 e. The number of likely N-dealkylation sites (tertiary alicyclic amines) is 1. The molecule has 0 radical (unpaired) electrons. The second kappa shape index (κ2) is 10.6. The molecule has 37 heavy (non-hydrogen) atoms. The lowest BCUT2D eigenvalue weighted by Gasteiger charge is -2.47. The summed E-state index contributed by atoms with van der Waals surface area (Å²) in [6.45, 7) is 3.27. The highest BCUT2D eigenvalue weighted by Gasteiger charge is 2.51. The quantitative estimate of drug-likeness (QED) is 0.460. The third kappa shape index (κ3) is 5.21. The highest BCUT2D eigenvalue weighted by Crippen LogP contribution is 2.50. The molecule has 2 aliphatic rings. The van der Waals surface area contributed by atoms with Crippen LogP contribution in [-0.4, -0.2) is 62.3 Å². The summed E-state index contributed by atoms with van der Waals surface area (Å²) >= 11 is 5.73. The number of methoxy groups -OCH3 is 2. The molecule has 2 aromatic rings. The van der Waals surface area contributed by atoms with E-state index in [4.69, 9.17) is 21.1 Å². The first-order valence-electron chi connectivity index (χ1n) is 12.4. The Kier molecular flexibility index (Phi) is 7.85. The van der Waals surface area contributed by atoms with Crippen LogP contribution in [0.3, 0.4) is 0 Å². The van der Waals surface area contributed by atoms with Gasteiger partial charge in [0.05, 0.1) is 24.8 Å². The van der Waals surface area contributed by atoms with Crippen LogP contribution in [0.5, 0.6) is 11.5 Å². The van der Waals surface area contributed by atoms with E-state index in [-0.39, 0.29) is 23.2 Å². The van der Waals surface area contributed by atoms with Crippen molar-refractivity contribution in [2.24, 2.45) is 0 Å². The molecule has 3 atom stereocenters. The monoisotopic (exact) mass is 539 g/mol. The summed E-state index contributed by atoms with van der Waals surface area (Å²) in [5, 5.41) is 2.25. The Morgan fingerprint density at radius 1 is 1.16 bits per heavy atom. The first kappa shape index (κ1) is 27.4. The number of alkyl halides is 3. The molecule has 202 valence electrons. The van der Waals surface area contributed by atoms with E-state index < -0.39 is 22.8 Å². The lowest BCUT2D eigenvalue weighted by atomic mass is 9.64. The van der Waals surface area contributed by atoms with Crippen LogP contribution in [0.2, 0.25) is 5.02 Å². The molecule has 0 unspecified atom stereocenters. The average molecular weight is 540 g/mol. The van der Waals surface area contributed by atoms with Crippen LogP contribution in [-0.2, 0) is 11.6 Å². The number of halogens is 4. The third-order valence-electron chi connectivity index (χ3n) is 8.02. The van der Waals surface area contributed by atoms with Crippen molar-refractivity contribution in [3.63, 3.8) is 0 Å². The van der Waals surface area contributed by atoms with Crippen molar-refractivity contribution in [2.75, 3.05) is 39.7 Å². The van der Waals surface area contributed by atoms with Gasteiger partial charge in [-0.25, -0.2) is 4.79 Å². The van der Waals surface area contributed by atoms with Gasteiger partial charge in [-0.3, -0.25) is 0 Å². The number of nitrogens with one attached hydrogen (secondary N) is 1. The second-order valence-corrected chi connectivity index (χ2v) is 10.2. The van der Waals surface area contributed by atoms with Crippen molar-refractivity contribution in [3.05, 3.63) is 52.5 Å². The van der Waals surface area contributed by atoms with Gasteiger partial charge in [0.25, 0.3) is 0 Å². The van der Waals surface area contributed by atoms with Crippen molar-refractivity contribution >= 4 is 23.3 Å². The summed E-state index contributed by atoms with van der Waals surface area (Å²) in [4.78, 5) is 17.3. The molecule has 0 spiro atoms. The Hall–Kier alpha value is -2.65. The molecular weight excluding hydrogens is 507 g/mol. The molecule has 0 aromatic heterocycles. The average Bonchev–Trinajstić information content (AvgIpc) is 3.21. The summed E-state index contributed by atoms with van der Waals surface area (Å²) in [5.41, 5.74) is 0.221. The number of urea groups is 1. The van der Waals surface area contributed by atoms with Gasteiger partial charge in [-0.05, 0) is 82.1 Å². The summed E-state index contributed by atoms with van der Waals surface area (Å²) < 4.78 is 50.8. The Bertz CT molecular complexity index is 1150. The van der Waals surface area contributed by atoms with Gasteiger partial charge in [0, 0.05) is 29.7 Å². The van der Waals surface area contributed by atoms with Crippen LogP contribution < -0.4 is 14.8 Å². The number of nitrogens with zero attached hydrogens (tertiary/aromatic N) is 2. The van der Waals surface area contributed by atoms with Gasteiger partial charge in [0.1, 0.15) is 0 Å². The molecular formula is C27H33ClF3N3O3. The number of benzene rings is 2. The zero-order chi connectivity index (χ0) is 27.0. The number of hydrogen-bond donors (Lipinski definition) is 1. The van der Waals surface area contributed by atoms with Crippen LogP contribution in [0.4, 0.5) is 23.7 Å². The summed E-state index contributed by atoms with van der Waals surface area (Å²) in [7, 11) is 5.36. The first-order chi connectivity index (χ1) is 17.5. The maximum absolute atomic E-state index is 13.3. The number of rotatable bonds is 6. The number of hydrogen-bond acceptors (Lipinski definition) is 4. The number of carbonyl (C=O) groups excluding carboxylic acids is 1. The molecule has 2 aromatic carbocycles. The third-order valence-corrected chi connectivity index (χ3v) is 8.35. The van der Waals surface area contributed by atoms with E-state index in [1.807, 2.05) is 13.0 Å². The zero-order valence-corrected chi connectivity index (χ0v) is 22.2. The Balaban J connectivity index is 1.54. The molecule has 1 saturated heterocycles. The molecule has 1 aliphatic heterocycles. The second-order valence-electron chi connectivity index (χ2n) is 9.81. The van der Waals surface area contributed by atoms with Gasteiger partial charge < -0.3 is 24.6 Å². The fourth-order valence-corrected chi connectivity index (χ4v) is 6.33. The van der Waals surface area contributed by atoms with E-state index in [1.165, 1.54) is 11.6 Å². The van der Waals surface area contributed by atoms with Crippen LogP contribution in [0.1, 0.15) is 43.7 Å². The first-order valence-corrected chi connectivity index (χ1v) is 12.8. The van der Waals surface area contributed by atoms with Crippen molar-refractivity contribution in [1.82, 2.24) is 9.80 Å². The number of amides is 2. The molecule has 2 amide bonds. The molecule has 6 nitrogen and oxygen atoms in total. The topological polar surface area (TPSA) is 54.0 Å². The van der Waals surface area contributed by atoms with E-state index >= 15 is 0 Å². The zero-order valence-electron chi connectivity index (χ0n) is 21.5. The highest BCUT2D eigenvalue weighted by molar-refractivity contribution is 6.31. The van der Waals surface area contributed by atoms with Gasteiger partial charge >= 0.3 is 12.2 Å². The number of likely N-dealkylation sites (N-methyl/N-ethyl adjacent to an activating group) is 1. The van der Waals surface area contributed by atoms with Crippen LogP contribution in [0, 0.1) is 0 Å². The van der Waals surface area contributed by atoms with Crippen LogP contribution in [0.25, 0.3) is 0 Å². The number of carbonyl (C=O) groups is 1. The summed E-state index contributed by atoms with van der Waals surface area (Å²) in [5.74, 6) is 1.38. The van der Waals surface area contributed by atoms with Crippen molar-refractivity contribution in [3.8, 4) is 11.5 Å². The van der Waals surface area contributed by atoms with Crippen LogP contribution >= 0.6 is 11.6 Å². The van der Waals surface area contributed by atoms with E-state index in [0.29, 0.717) is 18.0 Å². The summed E-state index contributed by atoms with van der Waals surface area (Å²) in [6, 6.07) is 9.28. The minimum atomic E-state index is -4.60. The number of ether oxygens (including phenoxy) is 2. The SMILES string of the molecule is CCN(C(=O)Nc1ccc(Cl)c(C(F)(F)F)c1)[C@@H]1CC[C@@]2(c3ccc(OC)c(OC)c3)CCN(C)[C@H]2C1. The van der Waals surface area contributed by atoms with Gasteiger partial charge in [-0.15, -0.1) is 0 Å². The minimum absolute atomic E-state index is 0.0433. The molecule has 10 heteroatoms. The standard InChI is InChI=1S/C27H33ClF3N3O3/c1-5-34(25(35)32-18-7-8-21(28)20(15-18)27(29,30)31)19-10-11-26(12-13-33(2)24(26)16-19)17-6-9-22(36-3)23(14-17)37-4/h6-9,14-15,19,24H,5,10-13,16H2,1-4H3,(H,32,35)/t19-,24+,26+/m1/s1. The number of fused-ring (bicyclic) bond motifs is 1. The molecule has 1 aliphatic carbocycles. The minimum Gasteiger partial charge on any atom is -0.493 e. The van der Waals surface area contributed by atoms with E-state index in [2.05, 4.69) is 29.4 Å². The molecule has 1 heterocycles. The highest BCUT2D eigenvalue weighted by atomic mass is 35.5. The Morgan fingerprint density at radius 3 is 2.54 bits per heavy atom.